The normalized spacial score (nSPS) is 49.8. The van der Waals surface area contributed by atoms with Gasteiger partial charge in [-0.25, -0.2) is 0 Å². The van der Waals surface area contributed by atoms with E-state index in [0.717, 1.165) is 86.5 Å². The van der Waals surface area contributed by atoms with Gasteiger partial charge >= 0.3 is 0 Å². The first-order chi connectivity index (χ1) is 26.7. The van der Waals surface area contributed by atoms with E-state index in [1.165, 1.54) is 0 Å². The number of hydrogen-bond donors (Lipinski definition) is 5. The fourth-order valence-corrected chi connectivity index (χ4v) is 17.7. The lowest BCUT2D eigenvalue weighted by atomic mass is 9.29. The lowest BCUT2D eigenvalue weighted by Crippen LogP contribution is -2.74. The Labute approximate surface area is 331 Å². The van der Waals surface area contributed by atoms with E-state index < -0.39 is 64.0 Å². The lowest BCUT2D eigenvalue weighted by molar-refractivity contribution is -0.266. The van der Waals surface area contributed by atoms with E-state index >= 15 is 4.79 Å². The van der Waals surface area contributed by atoms with Gasteiger partial charge < -0.3 is 25.5 Å². The summed E-state index contributed by atoms with van der Waals surface area (Å²) in [5.74, 6) is 5.87. The van der Waals surface area contributed by atoms with Gasteiger partial charge in [-0.15, -0.1) is 5.92 Å². The number of carbonyl (C=O) groups is 2. The largest absolute Gasteiger partial charge is 0.394 e. The Bertz CT molecular complexity index is 2080. The lowest BCUT2D eigenvalue weighted by Gasteiger charge is -2.75. The number of fused-ring (bicyclic) bond motifs is 6. The van der Waals surface area contributed by atoms with Crippen LogP contribution >= 0.6 is 0 Å². The summed E-state index contributed by atoms with van der Waals surface area (Å²) in [4.78, 5) is 28.4. The van der Waals surface area contributed by atoms with Crippen LogP contribution in [-0.2, 0) is 4.79 Å². The van der Waals surface area contributed by atoms with Crippen LogP contribution in [0.5, 0.6) is 0 Å². The molecule has 0 saturated heterocycles. The topological polar surface area (TPSA) is 135 Å². The summed E-state index contributed by atoms with van der Waals surface area (Å²) >= 11 is 0. The third-order valence-corrected chi connectivity index (χ3v) is 19.8. The van der Waals surface area contributed by atoms with Gasteiger partial charge in [0.05, 0.1) is 24.9 Å². The number of carbonyl (C=O) groups excluding carboxylic acids is 2. The van der Waals surface area contributed by atoms with Crippen LogP contribution in [0.15, 0.2) is 29.8 Å². The zero-order chi connectivity index (χ0) is 39.3. The number of aliphatic hydroxyl groups is 5. The Hall–Kier alpha value is -2.60. The molecule has 5 N–H and O–H groups in total. The van der Waals surface area contributed by atoms with E-state index in [2.05, 4.69) is 43.9 Å². The van der Waals surface area contributed by atoms with Gasteiger partial charge in [0, 0.05) is 28.7 Å². The Kier molecular flexibility index (Phi) is 8.22. The smallest absolute Gasteiger partial charge is 0.159 e. The summed E-state index contributed by atoms with van der Waals surface area (Å²) in [5, 5.41) is 61.9. The van der Waals surface area contributed by atoms with Gasteiger partial charge in [-0.1, -0.05) is 75.5 Å². The zero-order valence-electron chi connectivity index (χ0n) is 33.6. The van der Waals surface area contributed by atoms with Gasteiger partial charge in [-0.3, -0.25) is 9.59 Å². The number of hydrogen-bond acceptors (Lipinski definition) is 7. The summed E-state index contributed by atoms with van der Waals surface area (Å²) in [5.41, 5.74) is -2.09. The predicted octanol–water partition coefficient (Wildman–Crippen LogP) is 5.01. The molecule has 1 aromatic carbocycles. The summed E-state index contributed by atoms with van der Waals surface area (Å²) < 4.78 is 0. The second-order valence-corrected chi connectivity index (χ2v) is 21.4. The van der Waals surface area contributed by atoms with Crippen LogP contribution in [0.2, 0.25) is 0 Å². The Morgan fingerprint density at radius 2 is 1.70 bits per heavy atom. The molecule has 7 nitrogen and oxygen atoms in total. The van der Waals surface area contributed by atoms with Crippen molar-refractivity contribution in [3.63, 3.8) is 0 Å². The second-order valence-electron chi connectivity index (χ2n) is 21.4. The molecule has 10 aliphatic rings. The van der Waals surface area contributed by atoms with Gasteiger partial charge in [0.15, 0.2) is 12.1 Å². The highest BCUT2D eigenvalue weighted by molar-refractivity contribution is 5.96. The molecule has 0 aliphatic heterocycles. The van der Waals surface area contributed by atoms with E-state index in [9.17, 15) is 30.3 Å². The monoisotopic (exact) mass is 762 g/mol. The van der Waals surface area contributed by atoms with Crippen molar-refractivity contribution in [2.45, 2.75) is 141 Å². The molecule has 4 bridgehead atoms. The standard InChI is InChI=1S/C49H62O7/c1-43-15-5-4-11-39(54)49(46(28-43)16-6-7-17-46)35(24-43)34-23-36(52)42-47(44(34,2)25-40(49)55)18-12-30-21-32-29(9-8-10-31(32)26-50)22-33(30)48(42)20-14-38(53)45(3,41(56)27-51)37(48)13-19-47/h8-10,21-23,26,30,33,35,37-42,51,53-56H,5-7,12-20,24-25,27-28H2,1-3H3. The predicted molar refractivity (Wildman–Crippen MR) is 213 cm³/mol. The molecule has 0 heterocycles. The maximum absolute atomic E-state index is 16.0. The van der Waals surface area contributed by atoms with E-state index in [1.54, 1.807) is 0 Å². The SMILES string of the molecule is CC12CCC#CC(O)C3(C(O)CC4(C)C(=CC(=O)C5C67CCC(O)C(C)(C(O)CO)C6CCC54CCC4C=c5c(C=O)cccc5=CC47)C3C1)C1(CCCC1)C2. The van der Waals surface area contributed by atoms with Crippen LogP contribution in [-0.4, -0.2) is 68.6 Å². The first kappa shape index (κ1) is 37.7. The first-order valence-electron chi connectivity index (χ1n) is 22.1. The molecule has 6 saturated carbocycles. The number of aldehydes is 1. The van der Waals surface area contributed by atoms with E-state index in [0.29, 0.717) is 37.7 Å². The molecule has 6 fully saturated rings. The first-order valence-corrected chi connectivity index (χ1v) is 22.1. The molecular weight excluding hydrogens is 701 g/mol. The molecule has 15 atom stereocenters. The number of aliphatic hydroxyl groups excluding tert-OH is 5. The highest BCUT2D eigenvalue weighted by atomic mass is 16.3. The van der Waals surface area contributed by atoms with E-state index in [1.807, 2.05) is 25.1 Å². The fraction of sp³-hybridized carbons (Fsp3) is 0.714. The average Bonchev–Trinajstić information content (AvgIpc) is 3.64. The molecule has 0 radical (unpaired) electrons. The average molecular weight is 763 g/mol. The highest BCUT2D eigenvalue weighted by Crippen LogP contribution is 2.82. The second kappa shape index (κ2) is 12.2. The van der Waals surface area contributed by atoms with Crippen LogP contribution in [0.3, 0.4) is 0 Å². The summed E-state index contributed by atoms with van der Waals surface area (Å²) in [7, 11) is 0. The van der Waals surface area contributed by atoms with Gasteiger partial charge in [0.25, 0.3) is 0 Å². The number of rotatable bonds is 3. The molecule has 10 aliphatic carbocycles. The van der Waals surface area contributed by atoms with Crippen molar-refractivity contribution in [2.24, 2.45) is 67.5 Å². The summed E-state index contributed by atoms with van der Waals surface area (Å²) in [6, 6.07) is 5.87. The van der Waals surface area contributed by atoms with Gasteiger partial charge in [0.2, 0.25) is 0 Å². The highest BCUT2D eigenvalue weighted by Gasteiger charge is 2.79. The third-order valence-electron chi connectivity index (χ3n) is 19.8. The van der Waals surface area contributed by atoms with Crippen molar-refractivity contribution >= 4 is 24.2 Å². The number of allylic oxidation sites excluding steroid dienone is 2. The number of benzene rings is 1. The molecule has 1 aromatic rings. The van der Waals surface area contributed by atoms with E-state index in [-0.39, 0.29) is 40.3 Å². The zero-order valence-corrected chi connectivity index (χ0v) is 33.6. The van der Waals surface area contributed by atoms with Gasteiger partial charge in [-0.2, -0.15) is 0 Å². The Balaban J connectivity index is 1.23. The van der Waals surface area contributed by atoms with E-state index in [4.69, 9.17) is 0 Å². The molecule has 15 unspecified atom stereocenters. The van der Waals surface area contributed by atoms with Crippen LogP contribution in [0.1, 0.15) is 127 Å². The van der Waals surface area contributed by atoms with Crippen LogP contribution in [0.25, 0.3) is 12.2 Å². The molecule has 11 rings (SSSR count). The van der Waals surface area contributed by atoms with Gasteiger partial charge in [0.1, 0.15) is 6.10 Å². The van der Waals surface area contributed by atoms with Crippen molar-refractivity contribution in [3.8, 4) is 11.8 Å². The third kappa shape index (κ3) is 4.29. The molecule has 300 valence electrons. The van der Waals surface area contributed by atoms with Crippen LogP contribution < -0.4 is 10.4 Å². The minimum atomic E-state index is -1.16. The summed E-state index contributed by atoms with van der Waals surface area (Å²) in [6.45, 7) is 6.26. The van der Waals surface area contributed by atoms with Crippen LogP contribution in [0, 0.1) is 79.3 Å². The van der Waals surface area contributed by atoms with Crippen molar-refractivity contribution < 1.29 is 35.1 Å². The van der Waals surface area contributed by atoms with Crippen molar-refractivity contribution in [2.75, 3.05) is 6.61 Å². The minimum absolute atomic E-state index is 0.0239. The van der Waals surface area contributed by atoms with Crippen molar-refractivity contribution in [1.29, 1.82) is 0 Å². The molecule has 0 aromatic heterocycles. The van der Waals surface area contributed by atoms with Gasteiger partial charge in [-0.05, 0) is 144 Å². The molecule has 0 amide bonds. The van der Waals surface area contributed by atoms with Crippen molar-refractivity contribution in [1.82, 2.24) is 0 Å². The summed E-state index contributed by atoms with van der Waals surface area (Å²) in [6.07, 6.45) is 15.9. The molecular formula is C49H62O7. The fourth-order valence-electron chi connectivity index (χ4n) is 17.7. The maximum atomic E-state index is 16.0. The molecule has 3 spiro atoms. The van der Waals surface area contributed by atoms with Crippen molar-refractivity contribution in [3.05, 3.63) is 45.8 Å². The Morgan fingerprint density at radius 3 is 2.45 bits per heavy atom. The Morgan fingerprint density at radius 1 is 0.929 bits per heavy atom. The minimum Gasteiger partial charge on any atom is -0.394 e. The number of ketones is 1. The van der Waals surface area contributed by atoms with Crippen LogP contribution in [0.4, 0.5) is 0 Å². The maximum Gasteiger partial charge on any atom is 0.159 e. The molecule has 56 heavy (non-hydrogen) atoms. The molecule has 7 heteroatoms. The quantitative estimate of drug-likeness (QED) is 0.216.